The highest BCUT2D eigenvalue weighted by molar-refractivity contribution is 6.04. The summed E-state index contributed by atoms with van der Waals surface area (Å²) in [7, 11) is 0. The monoisotopic (exact) mass is 718 g/mol. The van der Waals surface area contributed by atoms with Crippen LogP contribution in [0.15, 0.2) is 187 Å². The fraction of sp³-hybridized carbons (Fsp3) is 0. The first-order valence-corrected chi connectivity index (χ1v) is 18.5. The van der Waals surface area contributed by atoms with Crippen LogP contribution >= 0.6 is 0 Å². The fourth-order valence-corrected chi connectivity index (χ4v) is 7.49. The molecular formula is C49H30N6O. The second-order valence-electron chi connectivity index (χ2n) is 13.8. The molecule has 11 aromatic rings. The van der Waals surface area contributed by atoms with Gasteiger partial charge in [-0.1, -0.05) is 72.8 Å². The molecule has 0 saturated carbocycles. The average Bonchev–Trinajstić information content (AvgIpc) is 3.64. The van der Waals surface area contributed by atoms with Crippen molar-refractivity contribution in [2.75, 3.05) is 4.90 Å². The lowest BCUT2D eigenvalue weighted by atomic mass is 10.0. The van der Waals surface area contributed by atoms with E-state index in [2.05, 4.69) is 118 Å². The first-order valence-electron chi connectivity index (χ1n) is 18.5. The minimum atomic E-state index is 0.645. The summed E-state index contributed by atoms with van der Waals surface area (Å²) in [6.45, 7) is 0. The Hall–Kier alpha value is -7.77. The van der Waals surface area contributed by atoms with E-state index in [0.29, 0.717) is 17.4 Å². The highest BCUT2D eigenvalue weighted by atomic mass is 16.3. The van der Waals surface area contributed by atoms with E-state index in [1.165, 1.54) is 0 Å². The van der Waals surface area contributed by atoms with Crippen molar-refractivity contribution >= 4 is 71.7 Å². The molecule has 0 aliphatic carbocycles. The molecule has 0 aliphatic heterocycles. The number of hydrogen-bond acceptors (Lipinski definition) is 7. The van der Waals surface area contributed by atoms with Gasteiger partial charge in [0.15, 0.2) is 11.6 Å². The number of para-hydroxylation sites is 3. The molecular weight excluding hydrogens is 689 g/mol. The van der Waals surface area contributed by atoms with Gasteiger partial charge in [0.25, 0.3) is 0 Å². The maximum absolute atomic E-state index is 6.10. The molecule has 0 saturated heterocycles. The van der Waals surface area contributed by atoms with Gasteiger partial charge in [0.05, 0.1) is 16.7 Å². The van der Waals surface area contributed by atoms with Crippen LogP contribution in [-0.4, -0.2) is 24.9 Å². The van der Waals surface area contributed by atoms with Gasteiger partial charge in [-0.25, -0.2) is 24.9 Å². The van der Waals surface area contributed by atoms with E-state index in [4.69, 9.17) is 19.4 Å². The standard InChI is InChI=1S/C49H30N6O/c1-4-10-43-36(7-1)29-50-47(52-43)31-15-20-38(21-16-31)55(39-22-17-32(18-23-39)48-51-30-37-8-2-5-11-44(37)53-48)40-24-19-33-27-35(14-13-34(33)28-40)45-26-25-42-41-9-3-6-12-46(41)56-49(42)54-45/h1-30H. The number of nitrogens with zero attached hydrogens (tertiary/aromatic N) is 6. The predicted molar refractivity (Wildman–Crippen MR) is 226 cm³/mol. The zero-order chi connectivity index (χ0) is 37.0. The smallest absolute Gasteiger partial charge is 0.227 e. The Morgan fingerprint density at radius 1 is 0.393 bits per heavy atom. The SMILES string of the molecule is c1ccc2nc(-c3ccc(N(c4ccc(-c5ncc6ccccc6n5)cc4)c4ccc5cc(-c6ccc7c(n6)oc6ccccc67)ccc5c4)cc3)ncc2c1. The summed E-state index contributed by atoms with van der Waals surface area (Å²) in [5.74, 6) is 1.38. The summed E-state index contributed by atoms with van der Waals surface area (Å²) in [5, 5.41) is 6.36. The first kappa shape index (κ1) is 31.7. The maximum atomic E-state index is 6.10. The number of fused-ring (bicyclic) bond motifs is 6. The lowest BCUT2D eigenvalue weighted by Crippen LogP contribution is -2.10. The van der Waals surface area contributed by atoms with Gasteiger partial charge < -0.3 is 9.32 Å². The summed E-state index contributed by atoms with van der Waals surface area (Å²) in [6.07, 6.45) is 3.76. The van der Waals surface area contributed by atoms with Crippen molar-refractivity contribution in [2.45, 2.75) is 0 Å². The number of aromatic nitrogens is 5. The third kappa shape index (κ3) is 5.58. The lowest BCUT2D eigenvalue weighted by molar-refractivity contribution is 0.654. The Kier molecular flexibility index (Phi) is 7.35. The third-order valence-electron chi connectivity index (χ3n) is 10.4. The van der Waals surface area contributed by atoms with Crippen LogP contribution in [0.4, 0.5) is 17.1 Å². The Morgan fingerprint density at radius 2 is 0.946 bits per heavy atom. The Morgan fingerprint density at radius 3 is 1.62 bits per heavy atom. The van der Waals surface area contributed by atoms with Gasteiger partial charge in [0.2, 0.25) is 5.71 Å². The van der Waals surface area contributed by atoms with Crippen molar-refractivity contribution in [3.05, 3.63) is 182 Å². The number of benzene rings is 7. The molecule has 11 rings (SSSR count). The topological polar surface area (TPSA) is 80.8 Å². The minimum absolute atomic E-state index is 0.645. The van der Waals surface area contributed by atoms with Crippen LogP contribution < -0.4 is 4.90 Å². The molecule has 0 aliphatic rings. The van der Waals surface area contributed by atoms with Crippen molar-refractivity contribution < 1.29 is 4.42 Å². The fourth-order valence-electron chi connectivity index (χ4n) is 7.49. The first-order chi connectivity index (χ1) is 27.7. The summed E-state index contributed by atoms with van der Waals surface area (Å²) in [5.41, 5.74) is 10.2. The molecule has 0 bridgehead atoms. The van der Waals surface area contributed by atoms with E-state index >= 15 is 0 Å². The van der Waals surface area contributed by atoms with Crippen molar-refractivity contribution in [2.24, 2.45) is 0 Å². The molecule has 7 nitrogen and oxygen atoms in total. The lowest BCUT2D eigenvalue weighted by Gasteiger charge is -2.26. The van der Waals surface area contributed by atoms with Gasteiger partial charge in [0.1, 0.15) is 5.58 Å². The van der Waals surface area contributed by atoms with Crippen molar-refractivity contribution in [1.29, 1.82) is 0 Å². The van der Waals surface area contributed by atoms with Gasteiger partial charge in [0, 0.05) is 67.7 Å². The van der Waals surface area contributed by atoms with Crippen molar-refractivity contribution in [3.63, 3.8) is 0 Å². The molecule has 7 aromatic carbocycles. The summed E-state index contributed by atoms with van der Waals surface area (Å²) in [4.78, 5) is 26.2. The molecule has 4 heterocycles. The van der Waals surface area contributed by atoms with E-state index in [1.807, 2.05) is 79.1 Å². The normalized spacial score (nSPS) is 11.6. The summed E-state index contributed by atoms with van der Waals surface area (Å²) < 4.78 is 6.10. The molecule has 0 unspecified atom stereocenters. The van der Waals surface area contributed by atoms with Gasteiger partial charge in [-0.2, -0.15) is 0 Å². The largest absolute Gasteiger partial charge is 0.438 e. The molecule has 0 fully saturated rings. The van der Waals surface area contributed by atoms with Gasteiger partial charge >= 0.3 is 0 Å². The zero-order valence-electron chi connectivity index (χ0n) is 29.9. The van der Waals surface area contributed by atoms with Crippen LogP contribution in [0.2, 0.25) is 0 Å². The second kappa shape index (κ2) is 13.0. The minimum Gasteiger partial charge on any atom is -0.438 e. The van der Waals surface area contributed by atoms with E-state index in [9.17, 15) is 0 Å². The predicted octanol–water partition coefficient (Wildman–Crippen LogP) is 12.5. The third-order valence-corrected chi connectivity index (χ3v) is 10.4. The average molecular weight is 719 g/mol. The Bertz CT molecular complexity index is 3140. The molecule has 7 heteroatoms. The molecule has 0 spiro atoms. The van der Waals surface area contributed by atoms with Gasteiger partial charge in [-0.3, -0.25) is 0 Å². The van der Waals surface area contributed by atoms with Crippen LogP contribution in [0.25, 0.3) is 88.7 Å². The molecule has 0 atom stereocenters. The van der Waals surface area contributed by atoms with Crippen LogP contribution in [0, 0.1) is 0 Å². The molecule has 0 amide bonds. The zero-order valence-corrected chi connectivity index (χ0v) is 29.9. The van der Waals surface area contributed by atoms with E-state index in [0.717, 1.165) is 88.4 Å². The number of pyridine rings is 1. The van der Waals surface area contributed by atoms with Crippen LogP contribution in [0.1, 0.15) is 0 Å². The quantitative estimate of drug-likeness (QED) is 0.169. The number of hydrogen-bond donors (Lipinski definition) is 0. The number of anilines is 3. The molecule has 0 radical (unpaired) electrons. The Labute approximate surface area is 321 Å². The summed E-state index contributed by atoms with van der Waals surface area (Å²) >= 11 is 0. The Balaban J connectivity index is 0.969. The highest BCUT2D eigenvalue weighted by Gasteiger charge is 2.16. The van der Waals surface area contributed by atoms with Crippen LogP contribution in [0.3, 0.4) is 0 Å². The van der Waals surface area contributed by atoms with E-state index in [1.54, 1.807) is 0 Å². The number of furan rings is 1. The maximum Gasteiger partial charge on any atom is 0.227 e. The van der Waals surface area contributed by atoms with E-state index < -0.39 is 0 Å². The van der Waals surface area contributed by atoms with Crippen molar-refractivity contribution in [3.8, 4) is 34.0 Å². The van der Waals surface area contributed by atoms with Gasteiger partial charge in [-0.05, 0) is 108 Å². The number of rotatable bonds is 6. The molecule has 4 aromatic heterocycles. The highest BCUT2D eigenvalue weighted by Crippen LogP contribution is 2.39. The van der Waals surface area contributed by atoms with Gasteiger partial charge in [-0.15, -0.1) is 0 Å². The summed E-state index contributed by atoms with van der Waals surface area (Å²) in [6, 6.07) is 58.2. The van der Waals surface area contributed by atoms with Crippen molar-refractivity contribution in [1.82, 2.24) is 24.9 Å². The molecule has 0 N–H and O–H groups in total. The van der Waals surface area contributed by atoms with Crippen LogP contribution in [0.5, 0.6) is 0 Å². The van der Waals surface area contributed by atoms with E-state index in [-0.39, 0.29) is 0 Å². The molecule has 262 valence electrons. The van der Waals surface area contributed by atoms with Crippen LogP contribution in [-0.2, 0) is 0 Å². The second-order valence-corrected chi connectivity index (χ2v) is 13.8. The molecule has 56 heavy (non-hydrogen) atoms.